The van der Waals surface area contributed by atoms with Crippen LogP contribution in [0.15, 0.2) is 29.0 Å². The molecule has 2 rings (SSSR count). The zero-order valence-electron chi connectivity index (χ0n) is 10.2. The van der Waals surface area contributed by atoms with Crippen molar-refractivity contribution in [3.05, 3.63) is 44.9 Å². The van der Waals surface area contributed by atoms with Crippen LogP contribution >= 0.6 is 15.9 Å². The molecule has 1 aromatic heterocycles. The first-order chi connectivity index (χ1) is 9.52. The van der Waals surface area contributed by atoms with Gasteiger partial charge in [0.25, 0.3) is 0 Å². The van der Waals surface area contributed by atoms with Crippen molar-refractivity contribution < 1.29 is 9.31 Å². The number of hydrogen-bond donors (Lipinski definition) is 2. The summed E-state index contributed by atoms with van der Waals surface area (Å²) in [5, 5.41) is 16.5. The summed E-state index contributed by atoms with van der Waals surface area (Å²) in [6, 6.07) is 3.93. The van der Waals surface area contributed by atoms with E-state index in [1.165, 1.54) is 31.6 Å². The third-order valence-electron chi connectivity index (χ3n) is 2.43. The van der Waals surface area contributed by atoms with Crippen LogP contribution in [0.25, 0.3) is 0 Å². The molecule has 2 N–H and O–H groups in total. The molecule has 0 aliphatic rings. The van der Waals surface area contributed by atoms with Crippen LogP contribution in [0, 0.1) is 15.9 Å². The Morgan fingerprint density at radius 2 is 2.05 bits per heavy atom. The van der Waals surface area contributed by atoms with E-state index in [1.54, 1.807) is 0 Å². The van der Waals surface area contributed by atoms with Crippen molar-refractivity contribution in [1.82, 2.24) is 9.97 Å². The van der Waals surface area contributed by atoms with Crippen LogP contribution in [-0.4, -0.2) is 21.9 Å². The van der Waals surface area contributed by atoms with E-state index >= 15 is 0 Å². The Bertz CT molecular complexity index is 667. The maximum Gasteiger partial charge on any atom is 0.353 e. The molecule has 104 valence electrons. The second-order valence-corrected chi connectivity index (χ2v) is 4.53. The normalized spacial score (nSPS) is 10.2. The number of rotatable bonds is 4. The molecular formula is C11H9BrFN5O2. The van der Waals surface area contributed by atoms with Gasteiger partial charge < -0.3 is 10.6 Å². The largest absolute Gasteiger partial charge is 0.367 e. The highest BCUT2D eigenvalue weighted by molar-refractivity contribution is 9.10. The first kappa shape index (κ1) is 14.1. The first-order valence-corrected chi connectivity index (χ1v) is 6.21. The predicted octanol–water partition coefficient (Wildman–Crippen LogP) is 3.07. The lowest BCUT2D eigenvalue weighted by Crippen LogP contribution is -2.05. The molecule has 0 unspecified atom stereocenters. The minimum absolute atomic E-state index is 0.0154. The fraction of sp³-hybridized carbons (Fsp3) is 0.0909. The molecule has 20 heavy (non-hydrogen) atoms. The highest BCUT2D eigenvalue weighted by Crippen LogP contribution is 2.33. The number of nitrogens with one attached hydrogen (secondary N) is 2. The van der Waals surface area contributed by atoms with Gasteiger partial charge in [0.05, 0.1) is 10.6 Å². The van der Waals surface area contributed by atoms with E-state index in [2.05, 4.69) is 36.5 Å². The number of aromatic nitrogens is 2. The van der Waals surface area contributed by atoms with Crippen molar-refractivity contribution in [2.24, 2.45) is 0 Å². The highest BCUT2D eigenvalue weighted by atomic mass is 79.9. The van der Waals surface area contributed by atoms with Crippen LogP contribution < -0.4 is 10.6 Å². The molecule has 0 spiro atoms. The summed E-state index contributed by atoms with van der Waals surface area (Å²) in [7, 11) is 1.52. The molecule has 1 heterocycles. The van der Waals surface area contributed by atoms with Crippen molar-refractivity contribution in [3.63, 3.8) is 0 Å². The van der Waals surface area contributed by atoms with Gasteiger partial charge >= 0.3 is 5.69 Å². The van der Waals surface area contributed by atoms with Crippen LogP contribution in [-0.2, 0) is 0 Å². The van der Waals surface area contributed by atoms with Crippen molar-refractivity contribution in [3.8, 4) is 0 Å². The summed E-state index contributed by atoms with van der Waals surface area (Å²) in [5.41, 5.74) is 0.168. The van der Waals surface area contributed by atoms with Gasteiger partial charge in [-0.05, 0) is 34.1 Å². The number of anilines is 3. The molecular weight excluding hydrogens is 333 g/mol. The molecule has 2 aromatic rings. The lowest BCUT2D eigenvalue weighted by Gasteiger charge is -2.09. The van der Waals surface area contributed by atoms with E-state index in [0.717, 1.165) is 0 Å². The molecule has 0 amide bonds. The molecule has 7 nitrogen and oxygen atoms in total. The van der Waals surface area contributed by atoms with Gasteiger partial charge in [-0.3, -0.25) is 10.1 Å². The van der Waals surface area contributed by atoms with Crippen LogP contribution in [0.3, 0.4) is 0 Å². The van der Waals surface area contributed by atoms with Crippen LogP contribution in [0.5, 0.6) is 0 Å². The summed E-state index contributed by atoms with van der Waals surface area (Å²) in [6.07, 6.45) is 1.19. The fourth-order valence-corrected chi connectivity index (χ4v) is 1.99. The Hall–Kier alpha value is -2.29. The van der Waals surface area contributed by atoms with Crippen LogP contribution in [0.4, 0.5) is 27.4 Å². The van der Waals surface area contributed by atoms with Gasteiger partial charge in [0.15, 0.2) is 0 Å². The average molecular weight is 342 g/mol. The Balaban J connectivity index is 2.45. The second kappa shape index (κ2) is 5.78. The smallest absolute Gasteiger partial charge is 0.353 e. The van der Waals surface area contributed by atoms with Crippen LogP contribution in [0.2, 0.25) is 0 Å². The topological polar surface area (TPSA) is 93.0 Å². The Labute approximate surface area is 121 Å². The van der Waals surface area contributed by atoms with Gasteiger partial charge in [-0.15, -0.1) is 0 Å². The van der Waals surface area contributed by atoms with Crippen molar-refractivity contribution in [2.45, 2.75) is 0 Å². The summed E-state index contributed by atoms with van der Waals surface area (Å²) in [4.78, 5) is 18.1. The number of nitro groups is 1. The summed E-state index contributed by atoms with van der Waals surface area (Å²) in [5.74, 6) is -0.317. The van der Waals surface area contributed by atoms with Crippen molar-refractivity contribution in [2.75, 3.05) is 17.7 Å². The maximum absolute atomic E-state index is 13.0. The SMILES string of the molecule is CNc1ncnc(Nc2ccc(F)cc2Br)c1[N+](=O)[O-]. The zero-order chi connectivity index (χ0) is 14.7. The molecule has 0 saturated carbocycles. The monoisotopic (exact) mass is 341 g/mol. The molecule has 0 atom stereocenters. The Morgan fingerprint density at radius 3 is 2.65 bits per heavy atom. The van der Waals surface area contributed by atoms with E-state index in [4.69, 9.17) is 0 Å². The minimum Gasteiger partial charge on any atom is -0.367 e. The van der Waals surface area contributed by atoms with Gasteiger partial charge in [-0.1, -0.05) is 0 Å². The molecule has 0 radical (unpaired) electrons. The van der Waals surface area contributed by atoms with Crippen molar-refractivity contribution >= 4 is 38.9 Å². The van der Waals surface area contributed by atoms with E-state index in [-0.39, 0.29) is 17.3 Å². The maximum atomic E-state index is 13.0. The minimum atomic E-state index is -0.592. The molecule has 0 aliphatic carbocycles. The van der Waals surface area contributed by atoms with Gasteiger partial charge in [-0.2, -0.15) is 0 Å². The van der Waals surface area contributed by atoms with Gasteiger partial charge in [0, 0.05) is 11.5 Å². The lowest BCUT2D eigenvalue weighted by atomic mass is 10.3. The summed E-state index contributed by atoms with van der Waals surface area (Å²) >= 11 is 3.17. The third kappa shape index (κ3) is 2.82. The number of nitrogens with zero attached hydrogens (tertiary/aromatic N) is 3. The number of halogens is 2. The lowest BCUT2D eigenvalue weighted by molar-refractivity contribution is -0.383. The zero-order valence-corrected chi connectivity index (χ0v) is 11.8. The number of hydrogen-bond acceptors (Lipinski definition) is 6. The second-order valence-electron chi connectivity index (χ2n) is 3.68. The Morgan fingerprint density at radius 1 is 1.35 bits per heavy atom. The van der Waals surface area contributed by atoms with E-state index in [1.807, 2.05) is 0 Å². The third-order valence-corrected chi connectivity index (χ3v) is 3.08. The molecule has 0 saturated heterocycles. The quantitative estimate of drug-likeness (QED) is 0.655. The number of benzene rings is 1. The molecule has 9 heteroatoms. The summed E-state index contributed by atoms with van der Waals surface area (Å²) < 4.78 is 13.4. The van der Waals surface area contributed by atoms with E-state index in [0.29, 0.717) is 10.2 Å². The van der Waals surface area contributed by atoms with Gasteiger partial charge in [0.2, 0.25) is 11.6 Å². The molecule has 0 bridgehead atoms. The van der Waals surface area contributed by atoms with E-state index < -0.39 is 10.7 Å². The first-order valence-electron chi connectivity index (χ1n) is 5.42. The van der Waals surface area contributed by atoms with Crippen LogP contribution in [0.1, 0.15) is 0 Å². The Kier molecular flexibility index (Phi) is 4.08. The molecule has 0 aliphatic heterocycles. The predicted molar refractivity (Wildman–Crippen MR) is 75.6 cm³/mol. The summed E-state index contributed by atoms with van der Waals surface area (Å²) in [6.45, 7) is 0. The standard InChI is InChI=1S/C11H9BrFN5O2/c1-14-10-9(18(19)20)11(16-5-15-10)17-8-3-2-6(13)4-7(8)12/h2-5H,1H3,(H2,14,15,16,17). The molecule has 1 aromatic carbocycles. The van der Waals surface area contributed by atoms with Gasteiger partial charge in [0.1, 0.15) is 12.1 Å². The average Bonchev–Trinajstić information content (AvgIpc) is 2.41. The molecule has 0 fully saturated rings. The van der Waals surface area contributed by atoms with E-state index in [9.17, 15) is 14.5 Å². The van der Waals surface area contributed by atoms with Gasteiger partial charge in [-0.25, -0.2) is 14.4 Å². The highest BCUT2D eigenvalue weighted by Gasteiger charge is 2.22. The fourth-order valence-electron chi connectivity index (χ4n) is 1.54. The van der Waals surface area contributed by atoms with Crippen molar-refractivity contribution in [1.29, 1.82) is 0 Å².